The van der Waals surface area contributed by atoms with Crippen LogP contribution < -0.4 is 4.74 Å². The molecule has 3 rings (SSSR count). The fourth-order valence-corrected chi connectivity index (χ4v) is 2.94. The summed E-state index contributed by atoms with van der Waals surface area (Å²) in [7, 11) is 0. The normalized spacial score (nSPS) is 27.3. The van der Waals surface area contributed by atoms with E-state index in [1.54, 1.807) is 0 Å². The highest BCUT2D eigenvalue weighted by molar-refractivity contribution is 9.09. The van der Waals surface area contributed by atoms with Crippen LogP contribution in [0.25, 0.3) is 0 Å². The summed E-state index contributed by atoms with van der Waals surface area (Å²) < 4.78 is 11.5. The third-order valence-corrected chi connectivity index (χ3v) is 3.66. The Balaban J connectivity index is 2.08. The van der Waals surface area contributed by atoms with Crippen LogP contribution in [0, 0.1) is 0 Å². The van der Waals surface area contributed by atoms with Gasteiger partial charge in [-0.05, 0) is 33.5 Å². The minimum atomic E-state index is 0.139. The van der Waals surface area contributed by atoms with Crippen LogP contribution >= 0.6 is 15.9 Å². The molecule has 0 bridgehead atoms. The maximum Gasteiger partial charge on any atom is 0.157 e. The molecule has 2 nitrogen and oxygen atoms in total. The third-order valence-electron chi connectivity index (χ3n) is 3.15. The molecule has 1 aromatic rings. The molecule has 2 heterocycles. The molecule has 0 saturated carbocycles. The number of benzene rings is 1. The molecule has 2 aliphatic rings. The molecule has 2 atom stereocenters. The summed E-state index contributed by atoms with van der Waals surface area (Å²) in [6, 6.07) is 4.37. The number of rotatable bonds is 1. The first kappa shape index (κ1) is 9.67. The van der Waals surface area contributed by atoms with Gasteiger partial charge in [0.2, 0.25) is 0 Å². The second kappa shape index (κ2) is 3.49. The Morgan fingerprint density at radius 3 is 3.13 bits per heavy atom. The van der Waals surface area contributed by atoms with Gasteiger partial charge in [0.15, 0.2) is 5.01 Å². The fourth-order valence-electron chi connectivity index (χ4n) is 2.40. The number of alkyl halides is 1. The molecule has 0 spiro atoms. The van der Waals surface area contributed by atoms with E-state index in [-0.39, 0.29) is 11.1 Å². The van der Waals surface area contributed by atoms with Crippen molar-refractivity contribution in [3.63, 3.8) is 0 Å². The van der Waals surface area contributed by atoms with E-state index >= 15 is 0 Å². The molecule has 2 aliphatic heterocycles. The highest BCUT2D eigenvalue weighted by Gasteiger charge is 2.31. The summed E-state index contributed by atoms with van der Waals surface area (Å²) in [5, 5.41) is 0.139. The molecule has 0 fully saturated rings. The standard InChI is InChI=1S/C12H13BrO2/c1-2-10-8-4-3-7-5-11(13)15-12(7)9(8)6-14-10/h3-4,10-11H,2,5-6H2,1H3. The van der Waals surface area contributed by atoms with E-state index in [4.69, 9.17) is 9.47 Å². The van der Waals surface area contributed by atoms with Gasteiger partial charge in [-0.1, -0.05) is 19.1 Å². The van der Waals surface area contributed by atoms with Crippen molar-refractivity contribution < 1.29 is 9.47 Å². The quantitative estimate of drug-likeness (QED) is 0.728. The second-order valence-corrected chi connectivity index (χ2v) is 5.08. The lowest BCUT2D eigenvalue weighted by Gasteiger charge is -2.08. The van der Waals surface area contributed by atoms with Gasteiger partial charge in [-0.2, -0.15) is 0 Å². The lowest BCUT2D eigenvalue weighted by Crippen LogP contribution is -2.01. The molecule has 0 radical (unpaired) electrons. The largest absolute Gasteiger partial charge is 0.478 e. The molecule has 2 unspecified atom stereocenters. The number of hydrogen-bond donors (Lipinski definition) is 0. The van der Waals surface area contributed by atoms with Crippen molar-refractivity contribution in [2.24, 2.45) is 0 Å². The molecular formula is C12H13BrO2. The van der Waals surface area contributed by atoms with Gasteiger partial charge in [-0.25, -0.2) is 0 Å². The van der Waals surface area contributed by atoms with Gasteiger partial charge < -0.3 is 9.47 Å². The van der Waals surface area contributed by atoms with Crippen molar-refractivity contribution in [1.29, 1.82) is 0 Å². The van der Waals surface area contributed by atoms with Crippen molar-refractivity contribution in [3.05, 3.63) is 28.8 Å². The summed E-state index contributed by atoms with van der Waals surface area (Å²) in [6.07, 6.45) is 2.26. The third kappa shape index (κ3) is 1.41. The fraction of sp³-hybridized carbons (Fsp3) is 0.500. The zero-order valence-corrected chi connectivity index (χ0v) is 10.2. The molecule has 0 aliphatic carbocycles. The van der Waals surface area contributed by atoms with Crippen LogP contribution in [0.3, 0.4) is 0 Å². The minimum Gasteiger partial charge on any atom is -0.478 e. The summed E-state index contributed by atoms with van der Waals surface area (Å²) in [5.41, 5.74) is 3.88. The van der Waals surface area contributed by atoms with Gasteiger partial charge in [-0.15, -0.1) is 0 Å². The van der Waals surface area contributed by atoms with Crippen molar-refractivity contribution in [2.75, 3.05) is 0 Å². The highest BCUT2D eigenvalue weighted by atomic mass is 79.9. The van der Waals surface area contributed by atoms with Crippen LogP contribution in [0.15, 0.2) is 12.1 Å². The smallest absolute Gasteiger partial charge is 0.157 e. The molecule has 0 saturated heterocycles. The predicted octanol–water partition coefficient (Wildman–Crippen LogP) is 3.32. The molecule has 0 N–H and O–H groups in total. The van der Waals surface area contributed by atoms with Crippen LogP contribution in [0.1, 0.15) is 36.1 Å². The van der Waals surface area contributed by atoms with Gasteiger partial charge in [0.25, 0.3) is 0 Å². The van der Waals surface area contributed by atoms with Crippen molar-refractivity contribution >= 4 is 15.9 Å². The van der Waals surface area contributed by atoms with Crippen LogP contribution in [0.5, 0.6) is 5.75 Å². The Morgan fingerprint density at radius 2 is 2.33 bits per heavy atom. The molecular weight excluding hydrogens is 256 g/mol. The predicted molar refractivity (Wildman–Crippen MR) is 61.3 cm³/mol. The number of hydrogen-bond acceptors (Lipinski definition) is 2. The van der Waals surface area contributed by atoms with Gasteiger partial charge in [0.1, 0.15) is 5.75 Å². The van der Waals surface area contributed by atoms with E-state index in [9.17, 15) is 0 Å². The number of ether oxygens (including phenoxy) is 2. The number of fused-ring (bicyclic) bond motifs is 3. The lowest BCUT2D eigenvalue weighted by molar-refractivity contribution is 0.0631. The highest BCUT2D eigenvalue weighted by Crippen LogP contribution is 2.43. The van der Waals surface area contributed by atoms with E-state index in [1.807, 2.05) is 0 Å². The summed E-state index contributed by atoms with van der Waals surface area (Å²) in [5.74, 6) is 1.06. The molecule has 3 heteroatoms. The Hall–Kier alpha value is -0.540. The van der Waals surface area contributed by atoms with Crippen molar-refractivity contribution in [1.82, 2.24) is 0 Å². The van der Waals surface area contributed by atoms with E-state index in [0.29, 0.717) is 6.61 Å². The van der Waals surface area contributed by atoms with E-state index in [0.717, 1.165) is 18.6 Å². The molecule has 0 aromatic heterocycles. The van der Waals surface area contributed by atoms with E-state index < -0.39 is 0 Å². The molecule has 80 valence electrons. The molecule has 0 amide bonds. The Bertz CT molecular complexity index is 403. The average Bonchev–Trinajstić information content (AvgIpc) is 2.78. The van der Waals surface area contributed by atoms with Gasteiger partial charge in [0, 0.05) is 12.0 Å². The lowest BCUT2D eigenvalue weighted by atomic mass is 9.99. The Labute approximate surface area is 97.7 Å². The number of halogens is 1. The SMILES string of the molecule is CCC1OCc2c1ccc1c2OC(Br)C1. The summed E-state index contributed by atoms with van der Waals surface area (Å²) >= 11 is 3.50. The Morgan fingerprint density at radius 1 is 1.47 bits per heavy atom. The topological polar surface area (TPSA) is 18.5 Å². The van der Waals surface area contributed by atoms with Crippen LogP contribution in [0.4, 0.5) is 0 Å². The Kier molecular flexibility index (Phi) is 2.25. The average molecular weight is 269 g/mol. The summed E-state index contributed by atoms with van der Waals surface area (Å²) in [6.45, 7) is 2.86. The minimum absolute atomic E-state index is 0.139. The van der Waals surface area contributed by atoms with E-state index in [2.05, 4.69) is 35.0 Å². The van der Waals surface area contributed by atoms with Crippen molar-refractivity contribution in [2.45, 2.75) is 37.5 Å². The second-order valence-electron chi connectivity index (χ2n) is 4.06. The first-order valence-corrected chi connectivity index (χ1v) is 6.28. The summed E-state index contributed by atoms with van der Waals surface area (Å²) in [4.78, 5) is 0. The van der Waals surface area contributed by atoms with Gasteiger partial charge in [-0.3, -0.25) is 0 Å². The van der Waals surface area contributed by atoms with Crippen LogP contribution in [0.2, 0.25) is 0 Å². The van der Waals surface area contributed by atoms with Gasteiger partial charge >= 0.3 is 0 Å². The first-order chi connectivity index (χ1) is 7.29. The first-order valence-electron chi connectivity index (χ1n) is 5.36. The maximum absolute atomic E-state index is 5.78. The van der Waals surface area contributed by atoms with E-state index in [1.165, 1.54) is 16.7 Å². The van der Waals surface area contributed by atoms with Crippen LogP contribution in [-0.4, -0.2) is 5.01 Å². The van der Waals surface area contributed by atoms with Gasteiger partial charge in [0.05, 0.1) is 12.7 Å². The van der Waals surface area contributed by atoms with Crippen molar-refractivity contribution in [3.8, 4) is 5.75 Å². The zero-order chi connectivity index (χ0) is 10.4. The monoisotopic (exact) mass is 268 g/mol. The zero-order valence-electron chi connectivity index (χ0n) is 8.63. The molecule has 1 aromatic carbocycles. The van der Waals surface area contributed by atoms with Crippen LogP contribution in [-0.2, 0) is 17.8 Å². The maximum atomic E-state index is 5.78. The molecule has 15 heavy (non-hydrogen) atoms.